The van der Waals surface area contributed by atoms with E-state index in [1.807, 2.05) is 25.2 Å². The van der Waals surface area contributed by atoms with E-state index in [0.717, 1.165) is 43.0 Å². The first-order chi connectivity index (χ1) is 13.1. The predicted octanol–water partition coefficient (Wildman–Crippen LogP) is 2.34. The van der Waals surface area contributed by atoms with Crippen LogP contribution in [0.1, 0.15) is 44.7 Å². The third kappa shape index (κ3) is 5.36. The van der Waals surface area contributed by atoms with Crippen molar-refractivity contribution in [3.05, 3.63) is 23.8 Å². The smallest absolute Gasteiger partial charge is 0.234 e. The van der Waals surface area contributed by atoms with Gasteiger partial charge < -0.3 is 20.1 Å². The van der Waals surface area contributed by atoms with Crippen LogP contribution >= 0.6 is 0 Å². The van der Waals surface area contributed by atoms with Crippen LogP contribution in [-0.2, 0) is 4.79 Å². The molecule has 2 heterocycles. The molecule has 1 amide bonds. The molecule has 2 aliphatic heterocycles. The van der Waals surface area contributed by atoms with Crippen LogP contribution in [0.15, 0.2) is 18.2 Å². The van der Waals surface area contributed by atoms with E-state index in [0.29, 0.717) is 25.8 Å². The van der Waals surface area contributed by atoms with Gasteiger partial charge in [0.25, 0.3) is 0 Å². The molecule has 1 saturated heterocycles. The van der Waals surface area contributed by atoms with E-state index in [2.05, 4.69) is 29.4 Å². The highest BCUT2D eigenvalue weighted by atomic mass is 16.5. The molecule has 1 fully saturated rings. The number of hydrogen-bond acceptors (Lipinski definition) is 5. The number of likely N-dealkylation sites (tertiary alicyclic amines) is 1. The number of carbonyl (C=O) groups excluding carboxylic acids is 1. The summed E-state index contributed by atoms with van der Waals surface area (Å²) in [5.74, 6) is 1.93. The second kappa shape index (κ2) is 9.42. The van der Waals surface area contributed by atoms with E-state index in [1.54, 1.807) is 0 Å². The summed E-state index contributed by atoms with van der Waals surface area (Å²) < 4.78 is 11.5. The van der Waals surface area contributed by atoms with Gasteiger partial charge in [0.05, 0.1) is 25.8 Å². The van der Waals surface area contributed by atoms with Crippen molar-refractivity contribution in [2.24, 2.45) is 5.92 Å². The Hall–Kier alpha value is -1.79. The molecule has 0 bridgehead atoms. The van der Waals surface area contributed by atoms with E-state index >= 15 is 0 Å². The molecule has 1 aromatic rings. The van der Waals surface area contributed by atoms with Crippen LogP contribution in [0.2, 0.25) is 0 Å². The van der Waals surface area contributed by atoms with E-state index in [-0.39, 0.29) is 17.9 Å². The summed E-state index contributed by atoms with van der Waals surface area (Å²) in [7, 11) is 1.99. The summed E-state index contributed by atoms with van der Waals surface area (Å²) >= 11 is 0. The largest absolute Gasteiger partial charge is 0.490 e. The number of hydrogen-bond donors (Lipinski definition) is 2. The van der Waals surface area contributed by atoms with Gasteiger partial charge in [-0.15, -0.1) is 0 Å². The first-order valence-corrected chi connectivity index (χ1v) is 10.2. The van der Waals surface area contributed by atoms with Crippen molar-refractivity contribution in [1.82, 2.24) is 15.5 Å². The summed E-state index contributed by atoms with van der Waals surface area (Å²) in [6, 6.07) is 6.45. The third-order valence-corrected chi connectivity index (χ3v) is 5.39. The predicted molar refractivity (Wildman–Crippen MR) is 106 cm³/mol. The van der Waals surface area contributed by atoms with Gasteiger partial charge in [-0.25, -0.2) is 0 Å². The average Bonchev–Trinajstić information content (AvgIpc) is 2.90. The van der Waals surface area contributed by atoms with Gasteiger partial charge in [0.1, 0.15) is 0 Å². The van der Waals surface area contributed by atoms with Crippen molar-refractivity contribution >= 4 is 5.91 Å². The van der Waals surface area contributed by atoms with Gasteiger partial charge in [-0.05, 0) is 50.0 Å². The van der Waals surface area contributed by atoms with Crippen molar-refractivity contribution in [3.63, 3.8) is 0 Å². The van der Waals surface area contributed by atoms with Crippen LogP contribution in [0.3, 0.4) is 0 Å². The molecular weight excluding hydrogens is 342 g/mol. The standard InChI is InChI=1S/C21H33N3O3/c1-15(2)21(16-7-8-18-19(12-16)27-11-5-10-26-18)23-20(25)14-24-9-4-6-17(13-24)22-3/h7-8,12,15,17,21-22H,4-6,9-11,13-14H2,1-3H3,(H,23,25). The monoisotopic (exact) mass is 375 g/mol. The molecule has 27 heavy (non-hydrogen) atoms. The van der Waals surface area contributed by atoms with E-state index in [4.69, 9.17) is 9.47 Å². The minimum absolute atomic E-state index is 0.0421. The maximum atomic E-state index is 12.7. The Bertz CT molecular complexity index is 635. The van der Waals surface area contributed by atoms with Crippen LogP contribution in [0, 0.1) is 5.92 Å². The van der Waals surface area contributed by atoms with Gasteiger partial charge in [0.2, 0.25) is 5.91 Å². The maximum absolute atomic E-state index is 12.7. The van der Waals surface area contributed by atoms with Crippen LogP contribution in [-0.4, -0.2) is 56.7 Å². The lowest BCUT2D eigenvalue weighted by molar-refractivity contribution is -0.123. The summed E-state index contributed by atoms with van der Waals surface area (Å²) in [5, 5.41) is 6.56. The summed E-state index contributed by atoms with van der Waals surface area (Å²) in [6.07, 6.45) is 3.20. The quantitative estimate of drug-likeness (QED) is 0.799. The van der Waals surface area contributed by atoms with Crippen LogP contribution in [0.5, 0.6) is 11.5 Å². The summed E-state index contributed by atoms with van der Waals surface area (Å²) in [5.41, 5.74) is 1.06. The fourth-order valence-electron chi connectivity index (χ4n) is 3.87. The molecule has 2 unspecified atom stereocenters. The molecule has 0 spiro atoms. The number of carbonyl (C=O) groups is 1. The molecule has 1 aromatic carbocycles. The number of likely N-dealkylation sites (N-methyl/N-ethyl adjacent to an activating group) is 1. The molecule has 3 rings (SSSR count). The molecule has 6 nitrogen and oxygen atoms in total. The SMILES string of the molecule is CNC1CCCN(CC(=O)NC(c2ccc3c(c2)OCCCO3)C(C)C)C1. The highest BCUT2D eigenvalue weighted by molar-refractivity contribution is 5.78. The normalized spacial score (nSPS) is 21.6. The van der Waals surface area contributed by atoms with Gasteiger partial charge in [-0.1, -0.05) is 19.9 Å². The number of fused-ring (bicyclic) bond motifs is 1. The average molecular weight is 376 g/mol. The molecular formula is C21H33N3O3. The van der Waals surface area contributed by atoms with E-state index < -0.39 is 0 Å². The summed E-state index contributed by atoms with van der Waals surface area (Å²) in [4.78, 5) is 15.0. The first kappa shape index (κ1) is 20.0. The van der Waals surface area contributed by atoms with Crippen molar-refractivity contribution < 1.29 is 14.3 Å². The molecule has 2 N–H and O–H groups in total. The second-order valence-electron chi connectivity index (χ2n) is 7.91. The molecule has 0 radical (unpaired) electrons. The first-order valence-electron chi connectivity index (χ1n) is 10.2. The zero-order chi connectivity index (χ0) is 19.2. The molecule has 6 heteroatoms. The molecule has 0 aromatic heterocycles. The Morgan fingerprint density at radius 3 is 2.74 bits per heavy atom. The zero-order valence-corrected chi connectivity index (χ0v) is 16.8. The molecule has 2 aliphatic rings. The number of nitrogens with one attached hydrogen (secondary N) is 2. The topological polar surface area (TPSA) is 62.8 Å². The number of amides is 1. The number of piperidine rings is 1. The Kier molecular flexibility index (Phi) is 6.96. The Morgan fingerprint density at radius 1 is 1.22 bits per heavy atom. The fraction of sp³-hybridized carbons (Fsp3) is 0.667. The highest BCUT2D eigenvalue weighted by Crippen LogP contribution is 2.34. The zero-order valence-electron chi connectivity index (χ0n) is 16.8. The van der Waals surface area contributed by atoms with Crippen molar-refractivity contribution in [1.29, 1.82) is 0 Å². The van der Waals surface area contributed by atoms with Crippen molar-refractivity contribution in [3.8, 4) is 11.5 Å². The fourth-order valence-corrected chi connectivity index (χ4v) is 3.87. The molecule has 0 saturated carbocycles. The minimum Gasteiger partial charge on any atom is -0.490 e. The molecule has 0 aliphatic carbocycles. The lowest BCUT2D eigenvalue weighted by atomic mass is 9.95. The van der Waals surface area contributed by atoms with Crippen LogP contribution in [0.25, 0.3) is 0 Å². The summed E-state index contributed by atoms with van der Waals surface area (Å²) in [6.45, 7) is 7.98. The van der Waals surface area contributed by atoms with Gasteiger partial charge in [0, 0.05) is 19.0 Å². The lowest BCUT2D eigenvalue weighted by Gasteiger charge is -2.32. The number of ether oxygens (including phenoxy) is 2. The number of nitrogens with zero attached hydrogens (tertiary/aromatic N) is 1. The van der Waals surface area contributed by atoms with Crippen molar-refractivity contribution in [2.75, 3.05) is 39.9 Å². The van der Waals surface area contributed by atoms with Crippen LogP contribution in [0.4, 0.5) is 0 Å². The Labute approximate surface area is 162 Å². The highest BCUT2D eigenvalue weighted by Gasteiger charge is 2.24. The maximum Gasteiger partial charge on any atom is 0.234 e. The van der Waals surface area contributed by atoms with E-state index in [1.165, 1.54) is 6.42 Å². The molecule has 2 atom stereocenters. The third-order valence-electron chi connectivity index (χ3n) is 5.39. The van der Waals surface area contributed by atoms with Gasteiger partial charge in [0.15, 0.2) is 11.5 Å². The number of rotatable bonds is 6. The lowest BCUT2D eigenvalue weighted by Crippen LogP contribution is -2.48. The van der Waals surface area contributed by atoms with Crippen molar-refractivity contribution in [2.45, 2.75) is 45.2 Å². The van der Waals surface area contributed by atoms with E-state index in [9.17, 15) is 4.79 Å². The molecule has 150 valence electrons. The minimum atomic E-state index is -0.0421. The Balaban J connectivity index is 1.65. The van der Waals surface area contributed by atoms with Gasteiger partial charge in [-0.2, -0.15) is 0 Å². The number of benzene rings is 1. The Morgan fingerprint density at radius 2 is 2.00 bits per heavy atom. The second-order valence-corrected chi connectivity index (χ2v) is 7.91. The van der Waals surface area contributed by atoms with Crippen LogP contribution < -0.4 is 20.1 Å². The van der Waals surface area contributed by atoms with Gasteiger partial charge >= 0.3 is 0 Å². The van der Waals surface area contributed by atoms with Gasteiger partial charge in [-0.3, -0.25) is 9.69 Å².